The lowest BCUT2D eigenvalue weighted by Crippen LogP contribution is -2.37. The van der Waals surface area contributed by atoms with Crippen molar-refractivity contribution in [1.82, 2.24) is 15.5 Å². The van der Waals surface area contributed by atoms with Crippen LogP contribution in [0.4, 0.5) is 6.01 Å². The summed E-state index contributed by atoms with van der Waals surface area (Å²) in [4.78, 5) is 2.20. The van der Waals surface area contributed by atoms with Crippen LogP contribution in [0.2, 0.25) is 0 Å². The molecular formula is C12H22N4O2. The Bertz CT molecular complexity index is 356. The van der Waals surface area contributed by atoms with Crippen molar-refractivity contribution in [3.8, 4) is 0 Å². The summed E-state index contributed by atoms with van der Waals surface area (Å²) in [5.74, 6) is 0.638. The zero-order valence-corrected chi connectivity index (χ0v) is 11.2. The molecule has 1 saturated heterocycles. The first kappa shape index (κ1) is 13.3. The highest BCUT2D eigenvalue weighted by atomic mass is 16.5. The molecule has 1 unspecified atom stereocenters. The monoisotopic (exact) mass is 254 g/mol. The number of nitrogens with one attached hydrogen (secondary N) is 1. The van der Waals surface area contributed by atoms with Gasteiger partial charge >= 0.3 is 6.01 Å². The van der Waals surface area contributed by atoms with Crippen LogP contribution in [-0.2, 0) is 11.3 Å². The molecule has 0 aliphatic carbocycles. The minimum absolute atomic E-state index is 0.494. The van der Waals surface area contributed by atoms with Crippen LogP contribution in [0.5, 0.6) is 0 Å². The minimum Gasteiger partial charge on any atom is -0.407 e. The number of hydrogen-bond acceptors (Lipinski definition) is 6. The molecule has 6 nitrogen and oxygen atoms in total. The van der Waals surface area contributed by atoms with Crippen molar-refractivity contribution in [2.24, 2.45) is 0 Å². The predicted molar refractivity (Wildman–Crippen MR) is 68.5 cm³/mol. The maximum atomic E-state index is 5.67. The van der Waals surface area contributed by atoms with Crippen LogP contribution in [-0.4, -0.2) is 43.0 Å². The quantitative estimate of drug-likeness (QED) is 0.769. The number of hydrogen-bond donors (Lipinski definition) is 1. The lowest BCUT2D eigenvalue weighted by atomic mass is 10.0. The Morgan fingerprint density at radius 2 is 2.33 bits per heavy atom. The van der Waals surface area contributed by atoms with Gasteiger partial charge in [-0.15, -0.1) is 5.10 Å². The van der Waals surface area contributed by atoms with E-state index in [0.717, 1.165) is 13.1 Å². The maximum absolute atomic E-state index is 5.67. The summed E-state index contributed by atoms with van der Waals surface area (Å²) in [6, 6.07) is 1.15. The molecule has 1 aliphatic heterocycles. The predicted octanol–water partition coefficient (Wildman–Crippen LogP) is 1.18. The molecule has 1 atom stereocenters. The average molecular weight is 254 g/mol. The largest absolute Gasteiger partial charge is 0.407 e. The topological polar surface area (TPSA) is 63.4 Å². The molecule has 0 saturated carbocycles. The Labute approximate surface area is 108 Å². The Hall–Kier alpha value is -1.14. The summed E-state index contributed by atoms with van der Waals surface area (Å²) in [6.45, 7) is 5.29. The van der Waals surface area contributed by atoms with E-state index in [-0.39, 0.29) is 0 Å². The third kappa shape index (κ3) is 3.43. The van der Waals surface area contributed by atoms with E-state index in [1.807, 2.05) is 0 Å². The molecule has 18 heavy (non-hydrogen) atoms. The van der Waals surface area contributed by atoms with Gasteiger partial charge in [0.15, 0.2) is 0 Å². The van der Waals surface area contributed by atoms with Gasteiger partial charge in [0.25, 0.3) is 0 Å². The molecule has 2 heterocycles. The standard InChI is InChI=1S/C12H22N4O2/c1-10-5-3-4-7-16(10)12-15-14-11(18-12)9-13-6-8-17-2/h10,13H,3-9H2,1-2H3. The Morgan fingerprint density at radius 1 is 1.44 bits per heavy atom. The fraction of sp³-hybridized carbons (Fsp3) is 0.833. The first-order valence-corrected chi connectivity index (χ1v) is 6.60. The van der Waals surface area contributed by atoms with E-state index in [1.54, 1.807) is 7.11 Å². The van der Waals surface area contributed by atoms with Gasteiger partial charge in [-0.2, -0.15) is 0 Å². The van der Waals surface area contributed by atoms with Crippen molar-refractivity contribution in [2.75, 3.05) is 31.7 Å². The molecule has 0 radical (unpaired) electrons. The second kappa shape index (κ2) is 6.70. The average Bonchev–Trinajstić information content (AvgIpc) is 2.84. The zero-order valence-electron chi connectivity index (χ0n) is 11.2. The van der Waals surface area contributed by atoms with Crippen LogP contribution in [0.25, 0.3) is 0 Å². The number of aromatic nitrogens is 2. The second-order valence-corrected chi connectivity index (χ2v) is 4.69. The highest BCUT2D eigenvalue weighted by Gasteiger charge is 2.23. The normalized spacial score (nSPS) is 20.3. The summed E-state index contributed by atoms with van der Waals surface area (Å²) >= 11 is 0. The summed E-state index contributed by atoms with van der Waals surface area (Å²) in [5, 5.41) is 11.4. The SMILES string of the molecule is COCCNCc1nnc(N2CCCCC2C)o1. The summed E-state index contributed by atoms with van der Waals surface area (Å²) in [7, 11) is 1.68. The third-order valence-corrected chi connectivity index (χ3v) is 3.26. The van der Waals surface area contributed by atoms with Crippen LogP contribution in [0, 0.1) is 0 Å². The fourth-order valence-electron chi connectivity index (χ4n) is 2.18. The maximum Gasteiger partial charge on any atom is 0.318 e. The first-order chi connectivity index (χ1) is 8.81. The van der Waals surface area contributed by atoms with E-state index >= 15 is 0 Å². The molecule has 2 rings (SSSR count). The van der Waals surface area contributed by atoms with Crippen LogP contribution >= 0.6 is 0 Å². The Morgan fingerprint density at radius 3 is 3.11 bits per heavy atom. The van der Waals surface area contributed by atoms with E-state index in [9.17, 15) is 0 Å². The van der Waals surface area contributed by atoms with Crippen LogP contribution in [0.15, 0.2) is 4.42 Å². The molecule has 0 amide bonds. The molecule has 0 aromatic carbocycles. The zero-order chi connectivity index (χ0) is 12.8. The lowest BCUT2D eigenvalue weighted by molar-refractivity contribution is 0.198. The lowest BCUT2D eigenvalue weighted by Gasteiger charge is -2.31. The molecule has 1 aromatic rings. The van der Waals surface area contributed by atoms with E-state index in [1.165, 1.54) is 19.3 Å². The van der Waals surface area contributed by atoms with E-state index in [4.69, 9.17) is 9.15 Å². The van der Waals surface area contributed by atoms with Crippen molar-refractivity contribution in [3.05, 3.63) is 5.89 Å². The number of methoxy groups -OCH3 is 1. The van der Waals surface area contributed by atoms with E-state index < -0.39 is 0 Å². The minimum atomic E-state index is 0.494. The summed E-state index contributed by atoms with van der Waals surface area (Å²) < 4.78 is 10.6. The summed E-state index contributed by atoms with van der Waals surface area (Å²) in [6.07, 6.45) is 3.69. The number of rotatable bonds is 6. The molecule has 1 aromatic heterocycles. The molecule has 1 aliphatic rings. The fourth-order valence-corrected chi connectivity index (χ4v) is 2.18. The highest BCUT2D eigenvalue weighted by Crippen LogP contribution is 2.23. The molecule has 0 bridgehead atoms. The molecule has 1 N–H and O–H groups in total. The van der Waals surface area contributed by atoms with E-state index in [2.05, 4.69) is 27.3 Å². The highest BCUT2D eigenvalue weighted by molar-refractivity contribution is 5.26. The van der Waals surface area contributed by atoms with Gasteiger partial charge in [0.05, 0.1) is 13.2 Å². The van der Waals surface area contributed by atoms with Gasteiger partial charge < -0.3 is 19.4 Å². The third-order valence-electron chi connectivity index (χ3n) is 3.26. The van der Waals surface area contributed by atoms with Gasteiger partial charge in [-0.3, -0.25) is 0 Å². The molecule has 0 spiro atoms. The van der Waals surface area contributed by atoms with Crippen molar-refractivity contribution in [3.63, 3.8) is 0 Å². The van der Waals surface area contributed by atoms with Crippen LogP contribution < -0.4 is 10.2 Å². The number of ether oxygens (including phenoxy) is 1. The van der Waals surface area contributed by atoms with E-state index in [0.29, 0.717) is 31.1 Å². The summed E-state index contributed by atoms with van der Waals surface area (Å²) in [5.41, 5.74) is 0. The van der Waals surface area contributed by atoms with Crippen LogP contribution in [0.3, 0.4) is 0 Å². The number of piperidine rings is 1. The number of anilines is 1. The van der Waals surface area contributed by atoms with Gasteiger partial charge in [-0.25, -0.2) is 0 Å². The van der Waals surface area contributed by atoms with Crippen molar-refractivity contribution >= 4 is 6.01 Å². The smallest absolute Gasteiger partial charge is 0.318 e. The van der Waals surface area contributed by atoms with Gasteiger partial charge in [0, 0.05) is 26.2 Å². The Kier molecular flexibility index (Phi) is 4.95. The van der Waals surface area contributed by atoms with Gasteiger partial charge in [-0.1, -0.05) is 5.10 Å². The molecule has 1 fully saturated rings. The van der Waals surface area contributed by atoms with Gasteiger partial charge in [-0.05, 0) is 26.2 Å². The van der Waals surface area contributed by atoms with Crippen molar-refractivity contribution in [1.29, 1.82) is 0 Å². The van der Waals surface area contributed by atoms with Crippen molar-refractivity contribution < 1.29 is 9.15 Å². The van der Waals surface area contributed by atoms with Gasteiger partial charge in [0.2, 0.25) is 5.89 Å². The number of nitrogens with zero attached hydrogens (tertiary/aromatic N) is 3. The van der Waals surface area contributed by atoms with Gasteiger partial charge in [0.1, 0.15) is 0 Å². The second-order valence-electron chi connectivity index (χ2n) is 4.69. The molecule has 6 heteroatoms. The molecular weight excluding hydrogens is 232 g/mol. The van der Waals surface area contributed by atoms with Crippen LogP contribution in [0.1, 0.15) is 32.1 Å². The van der Waals surface area contributed by atoms with Crippen molar-refractivity contribution in [2.45, 2.75) is 38.8 Å². The first-order valence-electron chi connectivity index (χ1n) is 6.60. The Balaban J connectivity index is 1.85. The molecule has 102 valence electrons.